The van der Waals surface area contributed by atoms with Gasteiger partial charge in [0.05, 0.1) is 5.75 Å². The van der Waals surface area contributed by atoms with Gasteiger partial charge in [-0.15, -0.1) is 3.89 Å². The Morgan fingerprint density at radius 3 is 2.68 bits per heavy atom. The number of carbonyl (C=O) groups is 1. The van der Waals surface area contributed by atoms with Crippen LogP contribution in [0.2, 0.25) is 5.02 Å². The average molecular weight is 306 g/mol. The Bertz CT molecular complexity index is 590. The van der Waals surface area contributed by atoms with Crippen LogP contribution in [0.5, 0.6) is 0 Å². The van der Waals surface area contributed by atoms with Crippen molar-refractivity contribution < 1.29 is 17.1 Å². The van der Waals surface area contributed by atoms with Crippen molar-refractivity contribution in [2.45, 2.75) is 13.0 Å². The van der Waals surface area contributed by atoms with Crippen LogP contribution in [-0.2, 0) is 21.6 Å². The van der Waals surface area contributed by atoms with Gasteiger partial charge in [0, 0.05) is 30.5 Å². The van der Waals surface area contributed by atoms with Crippen LogP contribution in [0.3, 0.4) is 0 Å². The topological polar surface area (TPSA) is 54.5 Å². The molecule has 1 amide bonds. The maximum absolute atomic E-state index is 12.6. The van der Waals surface area contributed by atoms with E-state index in [1.165, 1.54) is 4.90 Å². The fourth-order valence-electron chi connectivity index (χ4n) is 2.23. The number of benzene rings is 1. The third-order valence-corrected chi connectivity index (χ3v) is 4.29. The minimum Gasteiger partial charge on any atom is -0.338 e. The van der Waals surface area contributed by atoms with Gasteiger partial charge in [-0.05, 0) is 11.6 Å². The first-order valence-corrected chi connectivity index (χ1v) is 7.72. The molecule has 4 nitrogen and oxygen atoms in total. The molecule has 0 saturated carbocycles. The van der Waals surface area contributed by atoms with Gasteiger partial charge in [-0.3, -0.25) is 4.79 Å². The molecule has 1 atom stereocenters. The van der Waals surface area contributed by atoms with Gasteiger partial charge in [-0.2, -0.15) is 8.42 Å². The van der Waals surface area contributed by atoms with Gasteiger partial charge in [-0.25, -0.2) is 0 Å². The lowest BCUT2D eigenvalue weighted by Crippen LogP contribution is -2.25. The number of rotatable bonds is 4. The summed E-state index contributed by atoms with van der Waals surface area (Å²) in [5.74, 6) is -1.25. The monoisotopic (exact) mass is 305 g/mol. The molecule has 1 fully saturated rings. The smallest absolute Gasteiger partial charge is 0.302 e. The molecule has 1 aliphatic heterocycles. The van der Waals surface area contributed by atoms with Gasteiger partial charge in [0.25, 0.3) is 0 Å². The molecule has 19 heavy (non-hydrogen) atoms. The third kappa shape index (κ3) is 3.91. The zero-order valence-electron chi connectivity index (χ0n) is 10.1. The van der Waals surface area contributed by atoms with Gasteiger partial charge in [0.15, 0.2) is 0 Å². The van der Waals surface area contributed by atoms with Gasteiger partial charge in [0.2, 0.25) is 5.91 Å². The SMILES string of the molecule is O=C1CC(CS(=O)(=O)F)CN1Cc1ccccc1Cl. The maximum atomic E-state index is 12.6. The molecule has 104 valence electrons. The first-order valence-electron chi connectivity index (χ1n) is 5.78. The molecule has 1 aromatic carbocycles. The molecule has 1 aliphatic rings. The fourth-order valence-corrected chi connectivity index (χ4v) is 3.21. The number of amides is 1. The minimum absolute atomic E-state index is 0.0631. The highest BCUT2D eigenvalue weighted by Crippen LogP contribution is 2.24. The van der Waals surface area contributed by atoms with Crippen LogP contribution in [0.15, 0.2) is 24.3 Å². The van der Waals surface area contributed by atoms with Crippen LogP contribution in [0, 0.1) is 5.92 Å². The molecule has 0 N–H and O–H groups in total. The summed E-state index contributed by atoms with van der Waals surface area (Å²) in [4.78, 5) is 13.3. The summed E-state index contributed by atoms with van der Waals surface area (Å²) in [6.45, 7) is 0.564. The van der Waals surface area contributed by atoms with E-state index < -0.39 is 21.9 Å². The normalized spacial score (nSPS) is 20.0. The molecule has 0 spiro atoms. The van der Waals surface area contributed by atoms with Crippen molar-refractivity contribution >= 4 is 27.7 Å². The summed E-state index contributed by atoms with van der Waals surface area (Å²) >= 11 is 6.00. The van der Waals surface area contributed by atoms with Crippen molar-refractivity contribution in [2.24, 2.45) is 5.92 Å². The second-order valence-electron chi connectivity index (χ2n) is 4.64. The Morgan fingerprint density at radius 1 is 1.37 bits per heavy atom. The summed E-state index contributed by atoms with van der Waals surface area (Å²) in [6, 6.07) is 7.12. The van der Waals surface area contributed by atoms with E-state index in [4.69, 9.17) is 11.6 Å². The molecular weight excluding hydrogens is 293 g/mol. The fraction of sp³-hybridized carbons (Fsp3) is 0.417. The van der Waals surface area contributed by atoms with Crippen molar-refractivity contribution in [1.82, 2.24) is 4.90 Å². The van der Waals surface area contributed by atoms with E-state index >= 15 is 0 Å². The summed E-state index contributed by atoms with van der Waals surface area (Å²) in [6.07, 6.45) is 0.0631. The predicted octanol–water partition coefficient (Wildman–Crippen LogP) is 1.99. The van der Waals surface area contributed by atoms with Crippen LogP contribution in [-0.4, -0.2) is 31.5 Å². The summed E-state index contributed by atoms with van der Waals surface area (Å²) < 4.78 is 33.8. The van der Waals surface area contributed by atoms with E-state index in [-0.39, 0.29) is 18.9 Å². The Balaban J connectivity index is 2.03. The average Bonchev–Trinajstić information content (AvgIpc) is 2.60. The summed E-state index contributed by atoms with van der Waals surface area (Å²) in [7, 11) is -4.54. The van der Waals surface area contributed by atoms with Crippen molar-refractivity contribution in [1.29, 1.82) is 0 Å². The summed E-state index contributed by atoms with van der Waals surface area (Å²) in [5.41, 5.74) is 0.793. The lowest BCUT2D eigenvalue weighted by Gasteiger charge is -2.17. The molecule has 2 rings (SSSR count). The van der Waals surface area contributed by atoms with Crippen molar-refractivity contribution in [2.75, 3.05) is 12.3 Å². The first-order chi connectivity index (χ1) is 8.85. The van der Waals surface area contributed by atoms with Crippen LogP contribution in [0.4, 0.5) is 3.89 Å². The highest BCUT2D eigenvalue weighted by molar-refractivity contribution is 7.86. The zero-order valence-corrected chi connectivity index (χ0v) is 11.6. The lowest BCUT2D eigenvalue weighted by atomic mass is 10.1. The minimum atomic E-state index is -4.54. The van der Waals surface area contributed by atoms with E-state index in [1.54, 1.807) is 18.2 Å². The molecule has 1 heterocycles. The number of halogens is 2. The second kappa shape index (κ2) is 5.46. The van der Waals surface area contributed by atoms with Gasteiger partial charge in [0.1, 0.15) is 0 Å². The zero-order chi connectivity index (χ0) is 14.0. The van der Waals surface area contributed by atoms with Crippen LogP contribution in [0.1, 0.15) is 12.0 Å². The van der Waals surface area contributed by atoms with Crippen molar-refractivity contribution in [3.05, 3.63) is 34.9 Å². The van der Waals surface area contributed by atoms with E-state index in [0.29, 0.717) is 11.6 Å². The second-order valence-corrected chi connectivity index (χ2v) is 6.46. The first kappa shape index (κ1) is 14.3. The quantitative estimate of drug-likeness (QED) is 0.799. The Morgan fingerprint density at radius 2 is 2.05 bits per heavy atom. The number of hydrogen-bond donors (Lipinski definition) is 0. The molecule has 0 aromatic heterocycles. The number of hydrogen-bond acceptors (Lipinski definition) is 3. The predicted molar refractivity (Wildman–Crippen MR) is 69.9 cm³/mol. The molecule has 0 radical (unpaired) electrons. The standard InChI is InChI=1S/C12H13ClFNO3S/c13-11-4-2-1-3-10(11)7-15-6-9(5-12(15)16)8-19(14,17)18/h1-4,9H,5-8H2. The molecule has 0 aliphatic carbocycles. The number of nitrogens with zero attached hydrogens (tertiary/aromatic N) is 1. The third-order valence-electron chi connectivity index (χ3n) is 3.05. The van der Waals surface area contributed by atoms with E-state index in [2.05, 4.69) is 0 Å². The molecule has 1 unspecified atom stereocenters. The van der Waals surface area contributed by atoms with Gasteiger partial charge in [-0.1, -0.05) is 29.8 Å². The van der Waals surface area contributed by atoms with Crippen molar-refractivity contribution in [3.63, 3.8) is 0 Å². The molecular formula is C12H13ClFNO3S. The van der Waals surface area contributed by atoms with Crippen molar-refractivity contribution in [3.8, 4) is 0 Å². The largest absolute Gasteiger partial charge is 0.338 e. The highest BCUT2D eigenvalue weighted by atomic mass is 35.5. The van der Waals surface area contributed by atoms with Crippen LogP contribution < -0.4 is 0 Å². The Kier molecular flexibility index (Phi) is 4.10. The number of carbonyl (C=O) groups excluding carboxylic acids is 1. The molecule has 7 heteroatoms. The van der Waals surface area contributed by atoms with E-state index in [9.17, 15) is 17.1 Å². The van der Waals surface area contributed by atoms with Gasteiger partial charge < -0.3 is 4.90 Å². The lowest BCUT2D eigenvalue weighted by molar-refractivity contribution is -0.128. The van der Waals surface area contributed by atoms with E-state index in [1.807, 2.05) is 6.07 Å². The Hall–Kier alpha value is -1.14. The van der Waals surface area contributed by atoms with Crippen LogP contribution >= 0.6 is 11.6 Å². The molecule has 0 bridgehead atoms. The highest BCUT2D eigenvalue weighted by Gasteiger charge is 2.32. The number of likely N-dealkylation sites (tertiary alicyclic amines) is 1. The van der Waals surface area contributed by atoms with E-state index in [0.717, 1.165) is 5.56 Å². The Labute approximate surface area is 116 Å². The summed E-state index contributed by atoms with van der Waals surface area (Å²) in [5, 5.41) is 0.553. The maximum Gasteiger partial charge on any atom is 0.302 e. The molecule has 1 aromatic rings. The van der Waals surface area contributed by atoms with Gasteiger partial charge >= 0.3 is 10.2 Å². The molecule has 1 saturated heterocycles. The van der Waals surface area contributed by atoms with Crippen LogP contribution in [0.25, 0.3) is 0 Å².